The maximum Gasteiger partial charge on any atom is 0.329 e. The molecule has 1 amide bonds. The summed E-state index contributed by atoms with van der Waals surface area (Å²) in [6.07, 6.45) is 9.26. The maximum absolute atomic E-state index is 14.3. The number of benzene rings is 2. The van der Waals surface area contributed by atoms with Gasteiger partial charge in [0.25, 0.3) is 11.7 Å². The molecule has 2 saturated heterocycles. The van der Waals surface area contributed by atoms with Crippen molar-refractivity contribution in [3.8, 4) is 11.8 Å². The summed E-state index contributed by atoms with van der Waals surface area (Å²) in [6, 6.07) is 14.0. The highest BCUT2D eigenvalue weighted by atomic mass is 35.5. The number of aliphatic hydroxyl groups is 2. The molecule has 2 N–H and O–H groups in total. The molecule has 14 atom stereocenters. The molecule has 13 nitrogen and oxygen atoms in total. The number of carbonyl (C=O) groups excluding carboxylic acids is 4. The molecule has 4 aliphatic rings. The van der Waals surface area contributed by atoms with Gasteiger partial charge < -0.3 is 38.8 Å². The summed E-state index contributed by atoms with van der Waals surface area (Å²) >= 11 is 6.52. The normalized spacial score (nSPS) is 33.2. The van der Waals surface area contributed by atoms with Crippen LogP contribution in [0, 0.1) is 46.8 Å². The van der Waals surface area contributed by atoms with E-state index in [0.717, 1.165) is 31.5 Å². The smallest absolute Gasteiger partial charge is 0.329 e. The minimum atomic E-state index is -2.49. The maximum atomic E-state index is 14.3. The van der Waals surface area contributed by atoms with Crippen LogP contribution in [0.4, 0.5) is 0 Å². The number of fused-ring (bicyclic) bond motifs is 4. The number of hydrogen-bond acceptors (Lipinski definition) is 12. The van der Waals surface area contributed by atoms with Crippen molar-refractivity contribution in [3.05, 3.63) is 83.5 Å². The molecule has 2 aromatic rings. The van der Waals surface area contributed by atoms with Crippen molar-refractivity contribution in [1.82, 2.24) is 9.80 Å². The lowest BCUT2D eigenvalue weighted by molar-refractivity contribution is -0.302. The highest BCUT2D eigenvalue weighted by molar-refractivity contribution is 6.39. The number of methoxy groups -OCH3 is 3. The molecule has 2 bridgehead atoms. The Hall–Kier alpha value is -4.23. The number of ketones is 2. The third kappa shape index (κ3) is 17.6. The second kappa shape index (κ2) is 30.0. The first-order valence-electron chi connectivity index (χ1n) is 28.5. The van der Waals surface area contributed by atoms with E-state index in [1.165, 1.54) is 35.5 Å². The number of alkyl halides is 1. The van der Waals surface area contributed by atoms with E-state index < -0.39 is 77.8 Å². The Labute approximate surface area is 471 Å². The minimum absolute atomic E-state index is 0.0425. The van der Waals surface area contributed by atoms with Gasteiger partial charge in [0.1, 0.15) is 24.0 Å². The first kappa shape index (κ1) is 64.6. The Balaban J connectivity index is 0.000000423. The molecule has 78 heavy (non-hydrogen) atoms. The van der Waals surface area contributed by atoms with E-state index >= 15 is 0 Å². The molecule has 3 heterocycles. The van der Waals surface area contributed by atoms with E-state index in [1.807, 2.05) is 39.0 Å². The number of allylic oxidation sites excluding steroid dienone is 4. The zero-order valence-electron chi connectivity index (χ0n) is 49.1. The van der Waals surface area contributed by atoms with Crippen LogP contribution in [0.1, 0.15) is 139 Å². The number of cyclic esters (lactones) is 1. The van der Waals surface area contributed by atoms with Gasteiger partial charge in [-0.05, 0) is 146 Å². The van der Waals surface area contributed by atoms with Crippen LogP contribution < -0.4 is 0 Å². The van der Waals surface area contributed by atoms with Crippen LogP contribution in [0.5, 0.6) is 0 Å². The molecule has 0 radical (unpaired) electrons. The second-order valence-corrected chi connectivity index (χ2v) is 24.4. The quantitative estimate of drug-likeness (QED) is 0.0763. The molecule has 3 fully saturated rings. The van der Waals surface area contributed by atoms with Gasteiger partial charge in [0.15, 0.2) is 0 Å². The fraction of sp³-hybridized carbons (Fsp3) is 0.656. The number of aliphatic hydroxyl groups excluding tert-OH is 1. The number of rotatable bonds is 10. The lowest BCUT2D eigenvalue weighted by Crippen LogP contribution is -2.64. The number of Topliss-reactive ketones (excluding diaryl/α,β-unsaturated/α-hetero) is 2. The van der Waals surface area contributed by atoms with E-state index in [0.29, 0.717) is 44.1 Å². The largest absolute Gasteiger partial charge is 0.456 e. The minimum Gasteiger partial charge on any atom is -0.456 e. The summed E-state index contributed by atoms with van der Waals surface area (Å²) in [5, 5.41) is 26.2. The zero-order chi connectivity index (χ0) is 57.5. The summed E-state index contributed by atoms with van der Waals surface area (Å²) in [5.41, 5.74) is 3.15. The number of nitrogens with zero attached hydrogens (tertiary/aromatic N) is 2. The van der Waals surface area contributed by atoms with Gasteiger partial charge in [0, 0.05) is 70.6 Å². The predicted octanol–water partition coefficient (Wildman–Crippen LogP) is 10.6. The van der Waals surface area contributed by atoms with Crippen molar-refractivity contribution < 1.29 is 53.1 Å². The number of likely N-dealkylation sites (N-methyl/N-ethyl adjacent to an activating group) is 1. The first-order valence-corrected chi connectivity index (χ1v) is 29.0. The second-order valence-electron chi connectivity index (χ2n) is 23.9. The lowest BCUT2D eigenvalue weighted by atomic mass is 9.82. The standard InChI is InChI=1S/C43H68ClNO11.C21H25N/c1-10-30-18-24(2)17-25(3)19-36(53-8)39-37(54-9)21-27(5)43(51,56-39)40(48)41(49)45-16-12-11-13-32(45)42(50)55-38(28(6)33(46)23-34(30)47)26(4)20-29-14-15-31(44)35(22-29)52-7;1-21(2,3)15-8-5-9-16-22(4)17-19-13-10-12-18-11-6-7-14-20(18)19/h18,20,25,27-33,35-39,46,51H,10-17,19,21-23H2,1-9H3;5-7,9-14H,16-17H2,1-4H3/b24-18+,26-20+;9-5+/t25-,27+,28+,29-,30+,31-,32-,33-,35+,36-,37-,38+,39+,43+;/m0./s1. The zero-order valence-corrected chi connectivity index (χ0v) is 49.9. The topological polar surface area (TPSA) is 161 Å². The van der Waals surface area contributed by atoms with Gasteiger partial charge in [-0.3, -0.25) is 19.3 Å². The van der Waals surface area contributed by atoms with Gasteiger partial charge in [-0.1, -0.05) is 106 Å². The van der Waals surface area contributed by atoms with Crippen molar-refractivity contribution in [2.45, 2.75) is 193 Å². The van der Waals surface area contributed by atoms with Gasteiger partial charge in [-0.2, -0.15) is 0 Å². The summed E-state index contributed by atoms with van der Waals surface area (Å²) < 4.78 is 29.9. The van der Waals surface area contributed by atoms with Crippen molar-refractivity contribution in [1.29, 1.82) is 0 Å². The van der Waals surface area contributed by atoms with Crippen LogP contribution in [-0.2, 0) is 49.4 Å². The fourth-order valence-corrected chi connectivity index (χ4v) is 12.0. The van der Waals surface area contributed by atoms with Gasteiger partial charge in [-0.25, -0.2) is 4.79 Å². The van der Waals surface area contributed by atoms with Crippen LogP contribution in [0.25, 0.3) is 10.8 Å². The summed E-state index contributed by atoms with van der Waals surface area (Å²) in [7, 11) is 6.85. The van der Waals surface area contributed by atoms with E-state index in [2.05, 4.69) is 100 Å². The van der Waals surface area contributed by atoms with Crippen LogP contribution in [0.2, 0.25) is 0 Å². The number of piperidine rings is 1. The molecule has 432 valence electrons. The monoisotopic (exact) mass is 1100 g/mol. The number of hydrogen-bond donors (Lipinski definition) is 2. The van der Waals surface area contributed by atoms with Crippen molar-refractivity contribution in [2.24, 2.45) is 35.0 Å². The summed E-state index contributed by atoms with van der Waals surface area (Å²) in [6.45, 7) is 19.6. The molecule has 3 aliphatic heterocycles. The van der Waals surface area contributed by atoms with Gasteiger partial charge in [0.05, 0.1) is 29.8 Å². The molecular weight excluding hydrogens is 1010 g/mol. The third-order valence-electron chi connectivity index (χ3n) is 16.2. The highest BCUT2D eigenvalue weighted by Gasteiger charge is 2.56. The van der Waals surface area contributed by atoms with Crippen LogP contribution in [0.15, 0.2) is 77.9 Å². The van der Waals surface area contributed by atoms with Crippen LogP contribution >= 0.6 is 11.6 Å². The number of halogens is 1. The van der Waals surface area contributed by atoms with Gasteiger partial charge >= 0.3 is 5.97 Å². The first-order chi connectivity index (χ1) is 36.9. The lowest BCUT2D eigenvalue weighted by Gasteiger charge is -2.47. The van der Waals surface area contributed by atoms with Crippen LogP contribution in [0.3, 0.4) is 0 Å². The molecule has 0 spiro atoms. The molecule has 2 aromatic carbocycles. The van der Waals surface area contributed by atoms with Gasteiger partial charge in [-0.15, -0.1) is 11.6 Å². The summed E-state index contributed by atoms with van der Waals surface area (Å²) in [4.78, 5) is 60.0. The fourth-order valence-electron chi connectivity index (χ4n) is 11.7. The Bertz CT molecular complexity index is 2470. The molecule has 0 aromatic heterocycles. The van der Waals surface area contributed by atoms with Crippen molar-refractivity contribution in [2.75, 3.05) is 41.5 Å². The average Bonchev–Trinajstić information content (AvgIpc) is 3.42. The number of carbonyl (C=O) groups is 4. The van der Waals surface area contributed by atoms with Gasteiger partial charge in [0.2, 0.25) is 5.79 Å². The summed E-state index contributed by atoms with van der Waals surface area (Å²) in [5.74, 6) is -0.979. The predicted molar refractivity (Wildman–Crippen MR) is 308 cm³/mol. The van der Waals surface area contributed by atoms with E-state index in [4.69, 9.17) is 35.3 Å². The van der Waals surface area contributed by atoms with Crippen molar-refractivity contribution >= 4 is 45.8 Å². The highest BCUT2D eigenvalue weighted by Crippen LogP contribution is 2.40. The molecule has 1 saturated carbocycles. The molecule has 6 rings (SSSR count). The number of amides is 1. The Morgan fingerprint density at radius 1 is 0.923 bits per heavy atom. The number of ether oxygens (including phenoxy) is 5. The molecule has 14 heteroatoms. The van der Waals surface area contributed by atoms with E-state index in [1.54, 1.807) is 21.0 Å². The average molecular weight is 1100 g/mol. The number of esters is 1. The van der Waals surface area contributed by atoms with E-state index in [-0.39, 0.29) is 60.3 Å². The Morgan fingerprint density at radius 2 is 1.60 bits per heavy atom. The van der Waals surface area contributed by atoms with E-state index in [9.17, 15) is 29.4 Å². The molecular formula is C64H93ClN2O11. The third-order valence-corrected chi connectivity index (χ3v) is 16.7. The van der Waals surface area contributed by atoms with Crippen molar-refractivity contribution in [3.63, 3.8) is 0 Å². The molecule has 1 aliphatic carbocycles. The Kier molecular flexibility index (Phi) is 24.8. The molecule has 0 unspecified atom stereocenters. The SMILES string of the molecule is CC[C@@H]1/C=C(\C)C[C@H](C)C[C@H](OC)[C@H]2O[C@@](O)(C(=O)C(=O)N3CCCC[C@H]3C(=O)O[C@H](/C(C)=C/[C@@H]3CC[C@H](Cl)[C@H](OC)C3)[C@H](C)[C@@H](O)CC1=O)[C@H](C)C[C@@H]2OC.CN(C/C=C/C#CC(C)(C)C)Cc1cccc2ccccc12. The Morgan fingerprint density at radius 3 is 2.28 bits per heavy atom. The van der Waals surface area contributed by atoms with Crippen LogP contribution in [-0.4, -0.2) is 139 Å².